The molecule has 0 bridgehead atoms. The summed E-state index contributed by atoms with van der Waals surface area (Å²) in [5, 5.41) is 0. The van der Waals surface area contributed by atoms with Gasteiger partial charge in [-0.3, -0.25) is 4.79 Å². The van der Waals surface area contributed by atoms with E-state index >= 15 is 0 Å². The minimum absolute atomic E-state index is 0.0394. The standard InChI is InChI=1S/C12H19N3O2/c1-17-8-9-2-4-15(5-3-9)12(16)11-6-10(13)7-14-11/h6-7,9,14H,2-5,8,13H2,1H3. The Balaban J connectivity index is 1.90. The van der Waals surface area contributed by atoms with Crippen LogP contribution in [-0.4, -0.2) is 42.6 Å². The highest BCUT2D eigenvalue weighted by Gasteiger charge is 2.24. The Hall–Kier alpha value is -1.49. The molecular weight excluding hydrogens is 218 g/mol. The smallest absolute Gasteiger partial charge is 0.270 e. The van der Waals surface area contributed by atoms with Gasteiger partial charge in [-0.25, -0.2) is 0 Å². The number of likely N-dealkylation sites (tertiary alicyclic amines) is 1. The van der Waals surface area contributed by atoms with Gasteiger partial charge in [0.05, 0.1) is 0 Å². The molecule has 0 spiro atoms. The quantitative estimate of drug-likeness (QED) is 0.826. The third kappa shape index (κ3) is 2.79. The summed E-state index contributed by atoms with van der Waals surface area (Å²) < 4.78 is 5.14. The lowest BCUT2D eigenvalue weighted by Gasteiger charge is -2.31. The zero-order valence-corrected chi connectivity index (χ0v) is 10.1. The number of nitrogen functional groups attached to an aromatic ring is 1. The van der Waals surface area contributed by atoms with E-state index in [-0.39, 0.29) is 5.91 Å². The maximum atomic E-state index is 12.1. The molecule has 1 saturated heterocycles. The van der Waals surface area contributed by atoms with Crippen molar-refractivity contribution in [2.24, 2.45) is 5.92 Å². The van der Waals surface area contributed by atoms with E-state index in [4.69, 9.17) is 10.5 Å². The Morgan fingerprint density at radius 1 is 1.59 bits per heavy atom. The molecule has 1 aliphatic heterocycles. The molecular formula is C12H19N3O2. The number of piperidine rings is 1. The lowest BCUT2D eigenvalue weighted by molar-refractivity contribution is 0.0609. The molecule has 3 N–H and O–H groups in total. The minimum Gasteiger partial charge on any atom is -0.397 e. The summed E-state index contributed by atoms with van der Waals surface area (Å²) in [5.74, 6) is 0.621. The first-order valence-corrected chi connectivity index (χ1v) is 5.93. The highest BCUT2D eigenvalue weighted by atomic mass is 16.5. The first-order valence-electron chi connectivity index (χ1n) is 5.93. The van der Waals surface area contributed by atoms with Crippen LogP contribution in [0.4, 0.5) is 5.69 Å². The third-order valence-electron chi connectivity index (χ3n) is 3.24. The number of ether oxygens (including phenoxy) is 1. The van der Waals surface area contributed by atoms with Crippen LogP contribution in [-0.2, 0) is 4.74 Å². The lowest BCUT2D eigenvalue weighted by atomic mass is 9.97. The summed E-state index contributed by atoms with van der Waals surface area (Å²) >= 11 is 0. The number of rotatable bonds is 3. The molecule has 94 valence electrons. The van der Waals surface area contributed by atoms with Crippen LogP contribution in [0.15, 0.2) is 12.3 Å². The second-order valence-electron chi connectivity index (χ2n) is 4.54. The van der Waals surface area contributed by atoms with Gasteiger partial charge in [0.2, 0.25) is 0 Å². The Morgan fingerprint density at radius 2 is 2.29 bits per heavy atom. The van der Waals surface area contributed by atoms with Crippen LogP contribution in [0.2, 0.25) is 0 Å². The number of carbonyl (C=O) groups excluding carboxylic acids is 1. The number of hydrogen-bond acceptors (Lipinski definition) is 3. The van der Waals surface area contributed by atoms with Gasteiger partial charge in [-0.15, -0.1) is 0 Å². The van der Waals surface area contributed by atoms with Crippen molar-refractivity contribution in [3.63, 3.8) is 0 Å². The molecule has 0 unspecified atom stereocenters. The van der Waals surface area contributed by atoms with E-state index in [2.05, 4.69) is 4.98 Å². The lowest BCUT2D eigenvalue weighted by Crippen LogP contribution is -2.39. The van der Waals surface area contributed by atoms with Gasteiger partial charge in [-0.1, -0.05) is 0 Å². The second-order valence-corrected chi connectivity index (χ2v) is 4.54. The van der Waals surface area contributed by atoms with Gasteiger partial charge in [0.25, 0.3) is 5.91 Å². The molecule has 0 saturated carbocycles. The van der Waals surface area contributed by atoms with Crippen LogP contribution in [0.5, 0.6) is 0 Å². The molecule has 0 aromatic carbocycles. The number of H-pyrrole nitrogens is 1. The van der Waals surface area contributed by atoms with E-state index in [1.165, 1.54) is 0 Å². The molecule has 1 amide bonds. The van der Waals surface area contributed by atoms with Crippen LogP contribution >= 0.6 is 0 Å². The number of nitrogens with zero attached hydrogens (tertiary/aromatic N) is 1. The minimum atomic E-state index is 0.0394. The number of nitrogens with one attached hydrogen (secondary N) is 1. The molecule has 0 aliphatic carbocycles. The molecule has 17 heavy (non-hydrogen) atoms. The topological polar surface area (TPSA) is 71.3 Å². The van der Waals surface area contributed by atoms with Gasteiger partial charge in [-0.2, -0.15) is 0 Å². The van der Waals surface area contributed by atoms with Crippen molar-refractivity contribution in [2.45, 2.75) is 12.8 Å². The monoisotopic (exact) mass is 237 g/mol. The molecule has 1 fully saturated rings. The number of anilines is 1. The average molecular weight is 237 g/mol. The van der Waals surface area contributed by atoms with Crippen molar-refractivity contribution < 1.29 is 9.53 Å². The molecule has 1 aliphatic rings. The Kier molecular flexibility index (Phi) is 3.68. The molecule has 2 rings (SSSR count). The highest BCUT2D eigenvalue weighted by Crippen LogP contribution is 2.19. The number of aromatic nitrogens is 1. The summed E-state index contributed by atoms with van der Waals surface area (Å²) in [6, 6.07) is 1.68. The molecule has 5 nitrogen and oxygen atoms in total. The van der Waals surface area contributed by atoms with E-state index in [0.717, 1.165) is 32.5 Å². The van der Waals surface area contributed by atoms with Gasteiger partial charge >= 0.3 is 0 Å². The predicted molar refractivity (Wildman–Crippen MR) is 65.7 cm³/mol. The van der Waals surface area contributed by atoms with E-state index in [9.17, 15) is 4.79 Å². The summed E-state index contributed by atoms with van der Waals surface area (Å²) in [5.41, 5.74) is 6.77. The zero-order valence-electron chi connectivity index (χ0n) is 10.1. The summed E-state index contributed by atoms with van der Waals surface area (Å²) in [6.45, 7) is 2.38. The van der Waals surface area contributed by atoms with Crippen LogP contribution in [0.1, 0.15) is 23.3 Å². The molecule has 5 heteroatoms. The molecule has 2 heterocycles. The third-order valence-corrected chi connectivity index (χ3v) is 3.24. The normalized spacial score (nSPS) is 17.4. The Bertz CT molecular complexity index is 381. The maximum Gasteiger partial charge on any atom is 0.270 e. The van der Waals surface area contributed by atoms with Crippen molar-refractivity contribution >= 4 is 11.6 Å². The van der Waals surface area contributed by atoms with Gasteiger partial charge < -0.3 is 20.4 Å². The molecule has 1 aromatic rings. The number of amides is 1. The molecule has 1 aromatic heterocycles. The fourth-order valence-electron chi connectivity index (χ4n) is 2.24. The summed E-state index contributed by atoms with van der Waals surface area (Å²) in [4.78, 5) is 16.9. The summed E-state index contributed by atoms with van der Waals surface area (Å²) in [6.07, 6.45) is 3.66. The molecule has 0 radical (unpaired) electrons. The van der Waals surface area contributed by atoms with Crippen LogP contribution in [0.3, 0.4) is 0 Å². The van der Waals surface area contributed by atoms with E-state index in [1.807, 2.05) is 4.90 Å². The fourth-order valence-corrected chi connectivity index (χ4v) is 2.24. The van der Waals surface area contributed by atoms with Crippen molar-refractivity contribution in [3.8, 4) is 0 Å². The predicted octanol–water partition coefficient (Wildman–Crippen LogP) is 1.10. The van der Waals surface area contributed by atoms with Crippen molar-refractivity contribution in [2.75, 3.05) is 32.5 Å². The number of hydrogen-bond donors (Lipinski definition) is 2. The largest absolute Gasteiger partial charge is 0.397 e. The Morgan fingerprint density at radius 3 is 2.82 bits per heavy atom. The molecule has 0 atom stereocenters. The van der Waals surface area contributed by atoms with Crippen LogP contribution < -0.4 is 5.73 Å². The van der Waals surface area contributed by atoms with Gasteiger partial charge in [0, 0.05) is 38.7 Å². The summed E-state index contributed by atoms with van der Waals surface area (Å²) in [7, 11) is 1.72. The SMILES string of the molecule is COCC1CCN(C(=O)c2cc(N)c[nH]2)CC1. The number of carbonyl (C=O) groups is 1. The number of aromatic amines is 1. The fraction of sp³-hybridized carbons (Fsp3) is 0.583. The highest BCUT2D eigenvalue weighted by molar-refractivity contribution is 5.93. The van der Waals surface area contributed by atoms with E-state index in [1.54, 1.807) is 19.4 Å². The first-order chi connectivity index (χ1) is 8.20. The van der Waals surface area contributed by atoms with Crippen LogP contribution in [0, 0.1) is 5.92 Å². The maximum absolute atomic E-state index is 12.1. The van der Waals surface area contributed by atoms with Gasteiger partial charge in [0.1, 0.15) is 5.69 Å². The van der Waals surface area contributed by atoms with Crippen LogP contribution in [0.25, 0.3) is 0 Å². The number of nitrogens with two attached hydrogens (primary N) is 1. The van der Waals surface area contributed by atoms with Gasteiger partial charge in [-0.05, 0) is 24.8 Å². The van der Waals surface area contributed by atoms with Crippen molar-refractivity contribution in [3.05, 3.63) is 18.0 Å². The van der Waals surface area contributed by atoms with E-state index < -0.39 is 0 Å². The van der Waals surface area contributed by atoms with E-state index in [0.29, 0.717) is 17.3 Å². The van der Waals surface area contributed by atoms with Crippen molar-refractivity contribution in [1.29, 1.82) is 0 Å². The second kappa shape index (κ2) is 5.23. The van der Waals surface area contributed by atoms with Crippen molar-refractivity contribution in [1.82, 2.24) is 9.88 Å². The first kappa shape index (κ1) is 12.0. The number of methoxy groups -OCH3 is 1. The van der Waals surface area contributed by atoms with Gasteiger partial charge in [0.15, 0.2) is 0 Å². The average Bonchev–Trinajstić information content (AvgIpc) is 2.76. The zero-order chi connectivity index (χ0) is 12.3. The Labute approximate surface area is 101 Å².